The minimum atomic E-state index is -0.130. The number of pyridine rings is 1. The van der Waals surface area contributed by atoms with Crippen molar-refractivity contribution in [3.8, 4) is 11.5 Å². The van der Waals surface area contributed by atoms with Crippen molar-refractivity contribution in [3.63, 3.8) is 0 Å². The molecule has 1 aromatic carbocycles. The second-order valence-corrected chi connectivity index (χ2v) is 6.96. The third-order valence-electron chi connectivity index (χ3n) is 4.01. The van der Waals surface area contributed by atoms with Crippen LogP contribution in [-0.2, 0) is 4.79 Å². The second kappa shape index (κ2) is 8.75. The molecule has 1 fully saturated rings. The van der Waals surface area contributed by atoms with E-state index >= 15 is 0 Å². The zero-order chi connectivity index (χ0) is 20.1. The van der Waals surface area contributed by atoms with Crippen LogP contribution >= 0.6 is 11.8 Å². The molecule has 144 valence electrons. The lowest BCUT2D eigenvalue weighted by molar-refractivity contribution is -0.121. The van der Waals surface area contributed by atoms with Gasteiger partial charge < -0.3 is 9.47 Å². The van der Waals surface area contributed by atoms with Gasteiger partial charge in [-0.2, -0.15) is 0 Å². The van der Waals surface area contributed by atoms with Crippen molar-refractivity contribution in [1.82, 2.24) is 9.88 Å². The molecule has 0 N–H and O–H groups in total. The molecule has 6 nitrogen and oxygen atoms in total. The number of hydrogen-bond donors (Lipinski definition) is 0. The number of hydrogen-bond acceptors (Lipinski definition) is 6. The highest BCUT2D eigenvalue weighted by Crippen LogP contribution is 2.36. The van der Waals surface area contributed by atoms with E-state index in [1.807, 2.05) is 37.3 Å². The van der Waals surface area contributed by atoms with Crippen molar-refractivity contribution >= 4 is 34.7 Å². The van der Waals surface area contributed by atoms with Crippen LogP contribution in [0.25, 0.3) is 6.08 Å². The molecule has 3 rings (SSSR count). The van der Waals surface area contributed by atoms with Gasteiger partial charge in [0.2, 0.25) is 0 Å². The van der Waals surface area contributed by atoms with Crippen molar-refractivity contribution in [2.45, 2.75) is 6.92 Å². The molecule has 0 saturated carbocycles. The summed E-state index contributed by atoms with van der Waals surface area (Å²) in [5.41, 5.74) is 1.65. The maximum atomic E-state index is 12.9. The lowest BCUT2D eigenvalue weighted by Crippen LogP contribution is -2.29. The van der Waals surface area contributed by atoms with Gasteiger partial charge in [0.05, 0.1) is 19.1 Å². The Morgan fingerprint density at radius 3 is 2.75 bits per heavy atom. The van der Waals surface area contributed by atoms with Crippen LogP contribution in [0.2, 0.25) is 0 Å². The summed E-state index contributed by atoms with van der Waals surface area (Å²) in [7, 11) is 3.18. The molecule has 28 heavy (non-hydrogen) atoms. The molecule has 0 bridgehead atoms. The first-order valence-electron chi connectivity index (χ1n) is 8.62. The summed E-state index contributed by atoms with van der Waals surface area (Å²) in [5, 5.41) is 0.571. The summed E-state index contributed by atoms with van der Waals surface area (Å²) in [6, 6.07) is 11.1. The first-order chi connectivity index (χ1) is 13.5. The van der Waals surface area contributed by atoms with Crippen molar-refractivity contribution in [2.24, 2.45) is 4.99 Å². The zero-order valence-electron chi connectivity index (χ0n) is 16.0. The normalized spacial score (nSPS) is 16.7. The molecule has 0 radical (unpaired) electrons. The highest BCUT2D eigenvalue weighted by molar-refractivity contribution is 8.18. The quantitative estimate of drug-likeness (QED) is 0.542. The van der Waals surface area contributed by atoms with E-state index in [4.69, 9.17) is 9.47 Å². The molecule has 7 heteroatoms. The summed E-state index contributed by atoms with van der Waals surface area (Å²) in [6.07, 6.45) is 3.47. The number of rotatable bonds is 6. The van der Waals surface area contributed by atoms with E-state index in [0.717, 1.165) is 11.3 Å². The van der Waals surface area contributed by atoms with Gasteiger partial charge in [-0.05, 0) is 49.0 Å². The van der Waals surface area contributed by atoms with Crippen molar-refractivity contribution in [3.05, 3.63) is 65.2 Å². The maximum Gasteiger partial charge on any atom is 0.267 e. The Morgan fingerprint density at radius 2 is 2.07 bits per heavy atom. The SMILES string of the molecule is C=CCN1C(=O)/C(=C/c2ccc(OC)cc2OC)S/C1=N/c1cccc(C)n1. The van der Waals surface area contributed by atoms with Gasteiger partial charge in [-0.1, -0.05) is 12.1 Å². The van der Waals surface area contributed by atoms with Gasteiger partial charge >= 0.3 is 0 Å². The fourth-order valence-electron chi connectivity index (χ4n) is 2.65. The number of carbonyl (C=O) groups excluding carboxylic acids is 1. The van der Waals surface area contributed by atoms with Crippen molar-refractivity contribution in [2.75, 3.05) is 20.8 Å². The highest BCUT2D eigenvalue weighted by atomic mass is 32.2. The Morgan fingerprint density at radius 1 is 1.25 bits per heavy atom. The maximum absolute atomic E-state index is 12.9. The van der Waals surface area contributed by atoms with Crippen LogP contribution in [0.4, 0.5) is 5.82 Å². The molecular weight excluding hydrogens is 374 g/mol. The van der Waals surface area contributed by atoms with E-state index < -0.39 is 0 Å². The molecule has 2 aromatic rings. The lowest BCUT2D eigenvalue weighted by Gasteiger charge is -2.12. The molecule has 0 aliphatic carbocycles. The zero-order valence-corrected chi connectivity index (χ0v) is 16.8. The molecule has 0 spiro atoms. The van der Waals surface area contributed by atoms with Gasteiger partial charge in [0.25, 0.3) is 5.91 Å². The first-order valence-corrected chi connectivity index (χ1v) is 9.44. The molecule has 0 unspecified atom stereocenters. The summed E-state index contributed by atoms with van der Waals surface area (Å²) >= 11 is 1.30. The standard InChI is InChI=1S/C21H21N3O3S/c1-5-11-24-20(25)18(12-15-9-10-16(26-3)13-17(15)27-4)28-21(24)23-19-8-6-7-14(2)22-19/h5-10,12-13H,1,11H2,2-4H3/b18-12-,23-21+. The summed E-state index contributed by atoms with van der Waals surface area (Å²) in [5.74, 6) is 1.74. The van der Waals surface area contributed by atoms with E-state index in [9.17, 15) is 4.79 Å². The Balaban J connectivity index is 1.98. The number of amides is 1. The Hall–Kier alpha value is -3.06. The summed E-state index contributed by atoms with van der Waals surface area (Å²) < 4.78 is 10.7. The second-order valence-electron chi connectivity index (χ2n) is 5.95. The predicted molar refractivity (Wildman–Crippen MR) is 113 cm³/mol. The Kier molecular flexibility index (Phi) is 6.16. The monoisotopic (exact) mass is 395 g/mol. The third kappa shape index (κ3) is 4.26. The molecule has 1 aromatic heterocycles. The molecule has 2 heterocycles. The smallest absolute Gasteiger partial charge is 0.267 e. The lowest BCUT2D eigenvalue weighted by atomic mass is 10.1. The number of amidine groups is 1. The van der Waals surface area contributed by atoms with Crippen molar-refractivity contribution < 1.29 is 14.3 Å². The minimum absolute atomic E-state index is 0.130. The van der Waals surface area contributed by atoms with Gasteiger partial charge in [-0.3, -0.25) is 9.69 Å². The highest BCUT2D eigenvalue weighted by Gasteiger charge is 2.33. The van der Waals surface area contributed by atoms with Crippen LogP contribution in [0.15, 0.2) is 59.0 Å². The number of nitrogens with zero attached hydrogens (tertiary/aromatic N) is 3. The third-order valence-corrected chi connectivity index (χ3v) is 5.02. The number of ether oxygens (including phenoxy) is 2. The summed E-state index contributed by atoms with van der Waals surface area (Å²) in [6.45, 7) is 6.01. The molecule has 1 aliphatic heterocycles. The van der Waals surface area contributed by atoms with E-state index in [1.54, 1.807) is 37.3 Å². The van der Waals surface area contributed by atoms with Gasteiger partial charge in [0.1, 0.15) is 11.5 Å². The molecule has 1 amide bonds. The number of aliphatic imine (C=N–C) groups is 1. The summed E-state index contributed by atoms with van der Waals surface area (Å²) in [4.78, 5) is 24.0. The van der Waals surface area contributed by atoms with Gasteiger partial charge in [0.15, 0.2) is 11.0 Å². The first kappa shape index (κ1) is 19.7. The van der Waals surface area contributed by atoms with Crippen molar-refractivity contribution in [1.29, 1.82) is 0 Å². The number of methoxy groups -OCH3 is 2. The van der Waals surface area contributed by atoms with Gasteiger partial charge in [-0.25, -0.2) is 9.98 Å². The van der Waals surface area contributed by atoms with Crippen LogP contribution in [0.1, 0.15) is 11.3 Å². The number of benzene rings is 1. The number of aromatic nitrogens is 1. The van der Waals surface area contributed by atoms with Crippen LogP contribution in [-0.4, -0.2) is 41.7 Å². The molecule has 0 atom stereocenters. The fourth-order valence-corrected chi connectivity index (χ4v) is 3.64. The average molecular weight is 395 g/mol. The largest absolute Gasteiger partial charge is 0.497 e. The molecule has 1 aliphatic rings. The van der Waals surface area contributed by atoms with Crippen LogP contribution in [0.3, 0.4) is 0 Å². The van der Waals surface area contributed by atoms with E-state index in [0.29, 0.717) is 33.9 Å². The van der Waals surface area contributed by atoms with E-state index in [2.05, 4.69) is 16.6 Å². The molecule has 1 saturated heterocycles. The topological polar surface area (TPSA) is 64.0 Å². The predicted octanol–water partition coefficient (Wildman–Crippen LogP) is 4.20. The fraction of sp³-hybridized carbons (Fsp3) is 0.190. The minimum Gasteiger partial charge on any atom is -0.497 e. The van der Waals surface area contributed by atoms with E-state index in [-0.39, 0.29) is 5.91 Å². The van der Waals surface area contributed by atoms with Crippen LogP contribution in [0, 0.1) is 6.92 Å². The average Bonchev–Trinajstić information content (AvgIpc) is 2.97. The van der Waals surface area contributed by atoms with Gasteiger partial charge in [0, 0.05) is 23.9 Å². The Labute approximate surface area is 168 Å². The number of carbonyl (C=O) groups is 1. The van der Waals surface area contributed by atoms with Gasteiger partial charge in [-0.15, -0.1) is 6.58 Å². The Bertz CT molecular complexity index is 969. The van der Waals surface area contributed by atoms with Crippen LogP contribution in [0.5, 0.6) is 11.5 Å². The van der Waals surface area contributed by atoms with E-state index in [1.165, 1.54) is 11.8 Å². The molecular formula is C21H21N3O3S. The van der Waals surface area contributed by atoms with Crippen LogP contribution < -0.4 is 9.47 Å². The number of aryl methyl sites for hydroxylation is 1. The number of thioether (sulfide) groups is 1.